The highest BCUT2D eigenvalue weighted by Crippen LogP contribution is 2.46. The van der Waals surface area contributed by atoms with Crippen LogP contribution in [0.25, 0.3) is 53.2 Å². The molecule has 1 heterocycles. The maximum Gasteiger partial charge on any atom is 0.0551 e. The molecule has 8 rings (SSSR count). The minimum absolute atomic E-state index is 0.391. The fraction of sp³-hybridized carbons (Fsp3) is 0.0698. The van der Waals surface area contributed by atoms with E-state index in [2.05, 4.69) is 164 Å². The number of nitrogens with zero attached hydrogens (tertiary/aromatic N) is 1. The van der Waals surface area contributed by atoms with Gasteiger partial charge >= 0.3 is 0 Å². The first kappa shape index (κ1) is 27.2. The molecule has 2 heteroatoms. The second-order valence-electron chi connectivity index (χ2n) is 11.8. The van der Waals surface area contributed by atoms with E-state index in [0.29, 0.717) is 5.92 Å². The highest BCUT2D eigenvalue weighted by molar-refractivity contribution is 7.25. The molecule has 1 aromatic heterocycles. The van der Waals surface area contributed by atoms with E-state index < -0.39 is 0 Å². The van der Waals surface area contributed by atoms with Crippen LogP contribution in [0.1, 0.15) is 25.3 Å². The van der Waals surface area contributed by atoms with Gasteiger partial charge in [0.1, 0.15) is 0 Å². The molecular weight excluding hydrogens is 563 g/mol. The zero-order valence-electron chi connectivity index (χ0n) is 25.3. The zero-order valence-corrected chi connectivity index (χ0v) is 26.1. The van der Waals surface area contributed by atoms with Crippen molar-refractivity contribution in [1.29, 1.82) is 0 Å². The van der Waals surface area contributed by atoms with Gasteiger partial charge < -0.3 is 4.90 Å². The molecule has 0 spiro atoms. The lowest BCUT2D eigenvalue weighted by Gasteiger charge is -2.26. The van der Waals surface area contributed by atoms with E-state index in [1.165, 1.54) is 58.8 Å². The van der Waals surface area contributed by atoms with Gasteiger partial charge in [-0.3, -0.25) is 0 Å². The molecule has 0 radical (unpaired) electrons. The van der Waals surface area contributed by atoms with Crippen molar-refractivity contribution in [3.8, 4) is 22.3 Å². The summed E-state index contributed by atoms with van der Waals surface area (Å²) in [5.74, 6) is 0.391. The number of hydrogen-bond acceptors (Lipinski definition) is 2. The molecule has 0 unspecified atom stereocenters. The van der Waals surface area contributed by atoms with Crippen LogP contribution in [0.2, 0.25) is 0 Å². The molecule has 1 aliphatic carbocycles. The van der Waals surface area contributed by atoms with Gasteiger partial charge in [-0.15, -0.1) is 11.3 Å². The Kier molecular flexibility index (Phi) is 6.82. The van der Waals surface area contributed by atoms with Crippen LogP contribution >= 0.6 is 11.3 Å². The maximum absolute atomic E-state index is 3.14. The third kappa shape index (κ3) is 4.83. The molecule has 0 bridgehead atoms. The molecule has 0 saturated carbocycles. The van der Waals surface area contributed by atoms with E-state index >= 15 is 0 Å². The number of thiophene rings is 1. The first-order valence-corrected chi connectivity index (χ1v) is 16.3. The molecule has 1 nitrogen and oxygen atoms in total. The van der Waals surface area contributed by atoms with Crippen LogP contribution in [-0.2, 0) is 0 Å². The third-order valence-corrected chi connectivity index (χ3v) is 9.80. The summed E-state index contributed by atoms with van der Waals surface area (Å²) in [6.07, 6.45) is 6.01. The van der Waals surface area contributed by atoms with Gasteiger partial charge in [0.2, 0.25) is 0 Å². The lowest BCUT2D eigenvalue weighted by molar-refractivity contribution is 0.871. The fourth-order valence-corrected chi connectivity index (χ4v) is 7.78. The quantitative estimate of drug-likeness (QED) is 0.173. The summed E-state index contributed by atoms with van der Waals surface area (Å²) >= 11 is 1.87. The summed E-state index contributed by atoms with van der Waals surface area (Å²) in [7, 11) is 0. The van der Waals surface area contributed by atoms with E-state index in [0.717, 1.165) is 17.1 Å². The van der Waals surface area contributed by atoms with Crippen molar-refractivity contribution in [3.63, 3.8) is 0 Å². The Morgan fingerprint density at radius 2 is 1.29 bits per heavy atom. The number of anilines is 2. The molecule has 6 aromatic carbocycles. The third-order valence-electron chi connectivity index (χ3n) is 8.68. The summed E-state index contributed by atoms with van der Waals surface area (Å²) in [5.41, 5.74) is 16.0. The second-order valence-corrected chi connectivity index (χ2v) is 12.9. The van der Waals surface area contributed by atoms with Crippen molar-refractivity contribution in [2.45, 2.75) is 19.8 Å². The van der Waals surface area contributed by atoms with Gasteiger partial charge in [-0.25, -0.2) is 0 Å². The molecule has 0 amide bonds. The number of fused-ring (bicyclic) bond motifs is 4. The summed E-state index contributed by atoms with van der Waals surface area (Å²) in [5, 5.41) is 5.16. The van der Waals surface area contributed by atoms with Crippen LogP contribution in [0.3, 0.4) is 0 Å². The van der Waals surface area contributed by atoms with E-state index in [9.17, 15) is 0 Å². The average Bonchev–Trinajstić information content (AvgIpc) is 3.46. The Morgan fingerprint density at radius 3 is 2.04 bits per heavy atom. The van der Waals surface area contributed by atoms with Crippen LogP contribution in [0.5, 0.6) is 0 Å². The van der Waals surface area contributed by atoms with Gasteiger partial charge in [0.15, 0.2) is 0 Å². The first-order valence-electron chi connectivity index (χ1n) is 15.5. The van der Waals surface area contributed by atoms with E-state index in [1.54, 1.807) is 0 Å². The molecule has 45 heavy (non-hydrogen) atoms. The van der Waals surface area contributed by atoms with Crippen molar-refractivity contribution in [2.24, 2.45) is 0 Å². The van der Waals surface area contributed by atoms with Crippen molar-refractivity contribution < 1.29 is 0 Å². The summed E-state index contributed by atoms with van der Waals surface area (Å²) in [4.78, 5) is 2.29. The largest absolute Gasteiger partial charge is 0.310 e. The fourth-order valence-electron chi connectivity index (χ4n) is 6.60. The minimum atomic E-state index is 0.391. The Labute approximate surface area is 268 Å². The molecule has 0 aliphatic heterocycles. The normalized spacial score (nSPS) is 12.5. The maximum atomic E-state index is 3.14. The van der Waals surface area contributed by atoms with Crippen molar-refractivity contribution in [2.75, 3.05) is 4.90 Å². The predicted octanol–water partition coefficient (Wildman–Crippen LogP) is 12.6. The van der Waals surface area contributed by atoms with Gasteiger partial charge in [-0.05, 0) is 87.0 Å². The summed E-state index contributed by atoms with van der Waals surface area (Å²) < 4.78 is 2.57. The lowest BCUT2D eigenvalue weighted by Crippen LogP contribution is -2.15. The molecule has 0 saturated heterocycles. The molecule has 214 valence electrons. The van der Waals surface area contributed by atoms with Crippen LogP contribution in [0.4, 0.5) is 11.4 Å². The number of rotatable bonds is 6. The van der Waals surface area contributed by atoms with E-state index in [4.69, 9.17) is 0 Å². The first-order chi connectivity index (χ1) is 22.2. The Hall–Kier alpha value is -5.36. The SMILES string of the molecule is CC(C)c1cc2ccccc2c(-c2ccc3c(c2)sc2cc(N(C4=CC=C=C=C4)c4ccccc4)ccc23)c1-c1ccccc1. The molecular formula is C43H31NS. The van der Waals surface area contributed by atoms with Crippen molar-refractivity contribution in [3.05, 3.63) is 168 Å². The molecule has 1 aliphatic rings. The van der Waals surface area contributed by atoms with Crippen LogP contribution in [0, 0.1) is 0 Å². The molecule has 0 atom stereocenters. The highest BCUT2D eigenvalue weighted by atomic mass is 32.1. The van der Waals surface area contributed by atoms with Crippen molar-refractivity contribution >= 4 is 53.7 Å². The number of hydrogen-bond donors (Lipinski definition) is 0. The zero-order chi connectivity index (χ0) is 30.3. The van der Waals surface area contributed by atoms with Gasteiger partial charge in [-0.2, -0.15) is 0 Å². The number of benzene rings is 6. The molecule has 0 N–H and O–H groups in total. The standard InChI is InChI=1S/C43H31NS/c1-29(2)39-26-31-16-12-13-21-36(31)43(42(39)30-14-6-3-7-15-30)32-22-24-37-38-25-23-35(28-41(38)45-40(37)27-32)44(33-17-8-4-9-18-33)34-19-10-5-11-20-34/h3-4,6-10,12-29H,1-2H3. The van der Waals surface area contributed by atoms with E-state index in [-0.39, 0.29) is 0 Å². The van der Waals surface area contributed by atoms with Crippen LogP contribution < -0.4 is 4.90 Å². The van der Waals surface area contributed by atoms with Gasteiger partial charge in [0.25, 0.3) is 0 Å². The monoisotopic (exact) mass is 593 g/mol. The summed E-state index contributed by atoms with van der Waals surface area (Å²) in [6, 6.07) is 46.6. The molecule has 0 fully saturated rings. The van der Waals surface area contributed by atoms with Crippen LogP contribution in [0.15, 0.2) is 163 Å². The lowest BCUT2D eigenvalue weighted by atomic mass is 9.83. The second kappa shape index (κ2) is 11.3. The van der Waals surface area contributed by atoms with Crippen molar-refractivity contribution in [1.82, 2.24) is 0 Å². The minimum Gasteiger partial charge on any atom is -0.310 e. The summed E-state index contributed by atoms with van der Waals surface area (Å²) in [6.45, 7) is 4.61. The number of para-hydroxylation sites is 1. The molecule has 7 aromatic rings. The highest BCUT2D eigenvalue weighted by Gasteiger charge is 2.20. The van der Waals surface area contributed by atoms with Gasteiger partial charge in [0.05, 0.1) is 5.70 Å². The van der Waals surface area contributed by atoms with E-state index in [1.807, 2.05) is 23.5 Å². The average molecular weight is 594 g/mol. The van der Waals surface area contributed by atoms with Gasteiger partial charge in [0, 0.05) is 37.6 Å². The smallest absolute Gasteiger partial charge is 0.0551 e. The van der Waals surface area contributed by atoms with Gasteiger partial charge in [-0.1, -0.05) is 122 Å². The Bertz CT molecular complexity index is 2360. The predicted molar refractivity (Wildman–Crippen MR) is 195 cm³/mol. The Morgan fingerprint density at radius 1 is 0.578 bits per heavy atom. The number of allylic oxidation sites excluding steroid dienone is 3. The van der Waals surface area contributed by atoms with Crippen LogP contribution in [-0.4, -0.2) is 0 Å². The Balaban J connectivity index is 1.32. The topological polar surface area (TPSA) is 3.24 Å².